The van der Waals surface area contributed by atoms with Gasteiger partial charge in [-0.1, -0.05) is 36.4 Å². The first-order chi connectivity index (χ1) is 13.6. The number of fused-ring (bicyclic) bond motifs is 1. The number of anilines is 1. The zero-order chi connectivity index (χ0) is 19.5. The molecule has 2 aromatic heterocycles. The van der Waals surface area contributed by atoms with Crippen molar-refractivity contribution in [3.8, 4) is 16.9 Å². The van der Waals surface area contributed by atoms with E-state index in [9.17, 15) is 0 Å². The number of ether oxygens (including phenoxy) is 1. The number of benzene rings is 2. The third kappa shape index (κ3) is 4.00. The molecule has 4 aromatic rings. The number of pyridine rings is 1. The highest BCUT2D eigenvalue weighted by Crippen LogP contribution is 2.30. The molecule has 0 aliphatic carbocycles. The van der Waals surface area contributed by atoms with Crippen LogP contribution in [0.2, 0.25) is 0 Å². The van der Waals surface area contributed by atoms with E-state index in [0.29, 0.717) is 18.2 Å². The fourth-order valence-electron chi connectivity index (χ4n) is 3.26. The van der Waals surface area contributed by atoms with Crippen molar-refractivity contribution in [3.63, 3.8) is 0 Å². The molecule has 142 valence electrons. The van der Waals surface area contributed by atoms with E-state index < -0.39 is 0 Å². The van der Waals surface area contributed by atoms with E-state index in [-0.39, 0.29) is 0 Å². The molecule has 0 amide bonds. The van der Waals surface area contributed by atoms with Crippen molar-refractivity contribution in [1.82, 2.24) is 14.9 Å². The van der Waals surface area contributed by atoms with Crippen molar-refractivity contribution in [1.29, 1.82) is 0 Å². The Morgan fingerprint density at radius 1 is 1.00 bits per heavy atom. The van der Waals surface area contributed by atoms with Crippen LogP contribution < -0.4 is 10.5 Å². The maximum absolute atomic E-state index is 6.03. The molecular weight excluding hydrogens is 348 g/mol. The van der Waals surface area contributed by atoms with Gasteiger partial charge in [-0.05, 0) is 49.5 Å². The van der Waals surface area contributed by atoms with Crippen LogP contribution in [0.5, 0.6) is 5.75 Å². The lowest BCUT2D eigenvalue weighted by Gasteiger charge is -2.10. The zero-order valence-electron chi connectivity index (χ0n) is 16.1. The highest BCUT2D eigenvalue weighted by molar-refractivity contribution is 5.86. The second kappa shape index (κ2) is 7.74. The van der Waals surface area contributed by atoms with Gasteiger partial charge < -0.3 is 20.4 Å². The molecule has 5 heteroatoms. The molecule has 0 fully saturated rings. The second-order valence-electron chi connectivity index (χ2n) is 7.22. The fourth-order valence-corrected chi connectivity index (χ4v) is 3.26. The van der Waals surface area contributed by atoms with Crippen molar-refractivity contribution >= 4 is 16.7 Å². The first kappa shape index (κ1) is 18.1. The number of aromatic amines is 1. The summed E-state index contributed by atoms with van der Waals surface area (Å²) in [5.41, 5.74) is 11.5. The number of hydrogen-bond acceptors (Lipinski definition) is 4. The van der Waals surface area contributed by atoms with Crippen LogP contribution in [-0.2, 0) is 13.2 Å². The predicted octanol–water partition coefficient (Wildman–Crippen LogP) is 4.45. The van der Waals surface area contributed by atoms with E-state index in [1.165, 1.54) is 11.1 Å². The molecule has 4 rings (SSSR count). The first-order valence-electron chi connectivity index (χ1n) is 9.27. The predicted molar refractivity (Wildman–Crippen MR) is 114 cm³/mol. The molecule has 0 saturated carbocycles. The number of aromatic nitrogens is 2. The second-order valence-corrected chi connectivity index (χ2v) is 7.22. The van der Waals surface area contributed by atoms with Crippen LogP contribution in [0.1, 0.15) is 11.3 Å². The third-order valence-corrected chi connectivity index (χ3v) is 4.62. The van der Waals surface area contributed by atoms with Gasteiger partial charge in [-0.25, -0.2) is 4.98 Å². The number of hydrogen-bond donors (Lipinski definition) is 2. The van der Waals surface area contributed by atoms with Gasteiger partial charge in [0, 0.05) is 34.9 Å². The molecule has 0 radical (unpaired) electrons. The summed E-state index contributed by atoms with van der Waals surface area (Å²) in [7, 11) is 4.13. The molecular formula is C23H24N4O. The molecule has 0 saturated heterocycles. The summed E-state index contributed by atoms with van der Waals surface area (Å²) in [5, 5.41) is 1.18. The number of H-pyrrole nitrogens is 1. The van der Waals surface area contributed by atoms with Crippen LogP contribution in [0.3, 0.4) is 0 Å². The van der Waals surface area contributed by atoms with E-state index in [1.54, 1.807) is 6.20 Å². The molecule has 0 aliphatic heterocycles. The number of nitrogens with one attached hydrogen (secondary N) is 1. The molecule has 0 aliphatic rings. The van der Waals surface area contributed by atoms with Crippen molar-refractivity contribution in [2.24, 2.45) is 0 Å². The normalized spacial score (nSPS) is 11.2. The maximum Gasteiger partial charge on any atom is 0.166 e. The van der Waals surface area contributed by atoms with Crippen molar-refractivity contribution < 1.29 is 4.74 Å². The van der Waals surface area contributed by atoms with Gasteiger partial charge >= 0.3 is 0 Å². The average Bonchev–Trinajstić information content (AvgIpc) is 3.08. The Morgan fingerprint density at radius 3 is 2.61 bits per heavy atom. The van der Waals surface area contributed by atoms with Gasteiger partial charge in [0.05, 0.1) is 0 Å². The molecule has 0 spiro atoms. The summed E-state index contributed by atoms with van der Waals surface area (Å²) >= 11 is 0. The molecule has 2 heterocycles. The number of nitrogens with zero attached hydrogens (tertiary/aromatic N) is 2. The molecule has 0 atom stereocenters. The highest BCUT2D eigenvalue weighted by Gasteiger charge is 2.09. The molecule has 2 aromatic carbocycles. The van der Waals surface area contributed by atoms with Crippen LogP contribution in [0.25, 0.3) is 22.0 Å². The lowest BCUT2D eigenvalue weighted by atomic mass is 10.1. The standard InChI is InChI=1S/C23H24N4O/c1-27(2)14-20-11-18-10-17(8-9-21(18)26-20)19-12-22(23(24)25-13-19)28-15-16-6-4-3-5-7-16/h3-13,26H,14-15H2,1-2H3,(H2,24,25). The first-order valence-corrected chi connectivity index (χ1v) is 9.27. The monoisotopic (exact) mass is 372 g/mol. The lowest BCUT2D eigenvalue weighted by molar-refractivity contribution is 0.307. The number of nitrogen functional groups attached to an aromatic ring is 1. The van der Waals surface area contributed by atoms with Crippen LogP contribution in [-0.4, -0.2) is 29.0 Å². The Hall–Kier alpha value is -3.31. The van der Waals surface area contributed by atoms with Gasteiger partial charge in [0.15, 0.2) is 11.6 Å². The van der Waals surface area contributed by atoms with Crippen molar-refractivity contribution in [3.05, 3.63) is 78.1 Å². The smallest absolute Gasteiger partial charge is 0.166 e. The van der Waals surface area contributed by atoms with Crippen molar-refractivity contribution in [2.45, 2.75) is 13.2 Å². The summed E-state index contributed by atoms with van der Waals surface area (Å²) in [4.78, 5) is 9.94. The topological polar surface area (TPSA) is 67.2 Å². The van der Waals surface area contributed by atoms with Crippen LogP contribution in [0, 0.1) is 0 Å². The Bertz CT molecular complexity index is 1090. The minimum atomic E-state index is 0.399. The van der Waals surface area contributed by atoms with E-state index in [2.05, 4.69) is 53.2 Å². The van der Waals surface area contributed by atoms with E-state index in [0.717, 1.165) is 28.8 Å². The summed E-state index contributed by atoms with van der Waals surface area (Å²) in [6, 6.07) is 20.5. The molecule has 3 N–H and O–H groups in total. The highest BCUT2D eigenvalue weighted by atomic mass is 16.5. The lowest BCUT2D eigenvalue weighted by Crippen LogP contribution is -2.10. The largest absolute Gasteiger partial charge is 0.485 e. The minimum Gasteiger partial charge on any atom is -0.485 e. The fraction of sp³-hybridized carbons (Fsp3) is 0.174. The van der Waals surface area contributed by atoms with Crippen LogP contribution in [0.15, 0.2) is 66.9 Å². The van der Waals surface area contributed by atoms with Crippen molar-refractivity contribution in [2.75, 3.05) is 19.8 Å². The number of rotatable bonds is 6. The van der Waals surface area contributed by atoms with Gasteiger partial charge in [0.25, 0.3) is 0 Å². The van der Waals surface area contributed by atoms with Gasteiger partial charge in [-0.2, -0.15) is 0 Å². The Labute approximate surface area is 164 Å². The van der Waals surface area contributed by atoms with Gasteiger partial charge in [-0.15, -0.1) is 0 Å². The summed E-state index contributed by atoms with van der Waals surface area (Å²) in [6.45, 7) is 1.34. The van der Waals surface area contributed by atoms with Crippen LogP contribution >= 0.6 is 0 Å². The minimum absolute atomic E-state index is 0.399. The quantitative estimate of drug-likeness (QED) is 0.525. The Morgan fingerprint density at radius 2 is 1.82 bits per heavy atom. The van der Waals surface area contributed by atoms with Gasteiger partial charge in [0.1, 0.15) is 6.61 Å². The summed E-state index contributed by atoms with van der Waals surface area (Å²) < 4.78 is 5.92. The Balaban J connectivity index is 1.59. The molecule has 5 nitrogen and oxygen atoms in total. The molecule has 0 bridgehead atoms. The average molecular weight is 372 g/mol. The Kier molecular flexibility index (Phi) is 5.00. The SMILES string of the molecule is CN(C)Cc1cc2cc(-c3cnc(N)c(OCc4ccccc4)c3)ccc2[nH]1. The summed E-state index contributed by atoms with van der Waals surface area (Å²) in [5.74, 6) is 1.000. The van der Waals surface area contributed by atoms with Crippen LogP contribution in [0.4, 0.5) is 5.82 Å². The maximum atomic E-state index is 6.03. The van der Waals surface area contributed by atoms with E-state index >= 15 is 0 Å². The molecule has 0 unspecified atom stereocenters. The van der Waals surface area contributed by atoms with E-state index in [4.69, 9.17) is 10.5 Å². The van der Waals surface area contributed by atoms with Gasteiger partial charge in [-0.3, -0.25) is 0 Å². The summed E-state index contributed by atoms with van der Waals surface area (Å²) in [6.07, 6.45) is 1.79. The number of nitrogens with two attached hydrogens (primary N) is 1. The van der Waals surface area contributed by atoms with E-state index in [1.807, 2.05) is 36.4 Å². The molecule has 28 heavy (non-hydrogen) atoms. The third-order valence-electron chi connectivity index (χ3n) is 4.62. The zero-order valence-corrected chi connectivity index (χ0v) is 16.1. The van der Waals surface area contributed by atoms with Gasteiger partial charge in [0.2, 0.25) is 0 Å².